The van der Waals surface area contributed by atoms with Crippen molar-refractivity contribution in [2.45, 2.75) is 18.1 Å². The molecule has 0 bridgehead atoms. The first-order chi connectivity index (χ1) is 14.9. The van der Waals surface area contributed by atoms with E-state index >= 15 is 0 Å². The van der Waals surface area contributed by atoms with Crippen LogP contribution in [0, 0.1) is 0 Å². The molecule has 0 aliphatic rings. The van der Waals surface area contributed by atoms with Crippen molar-refractivity contribution in [2.24, 2.45) is 5.73 Å². The number of hydrogen-bond donors (Lipinski definition) is 9. The van der Waals surface area contributed by atoms with Crippen LogP contribution in [-0.4, -0.2) is 74.9 Å². The van der Waals surface area contributed by atoms with E-state index < -0.39 is 53.7 Å². The molecule has 2 unspecified atom stereocenters. The molecule has 2 rings (SSSR count). The maximum absolute atomic E-state index is 11.9. The minimum atomic E-state index is -5.81. The lowest BCUT2D eigenvalue weighted by Gasteiger charge is -2.35. The monoisotopic (exact) mass is 540 g/mol. The van der Waals surface area contributed by atoms with E-state index in [0.717, 1.165) is 18.0 Å². The first-order valence-corrected chi connectivity index (χ1v) is 12.6. The molecular formula is C10H19N6O14P3. The Balaban J connectivity index is 2.22. The summed E-state index contributed by atoms with van der Waals surface area (Å²) in [6.07, 6.45) is -3.40. The molecule has 2 heterocycles. The highest BCUT2D eigenvalue weighted by Gasteiger charge is 2.45. The molecule has 33 heavy (non-hydrogen) atoms. The Hall–Kier alpha value is -1.60. The quantitative estimate of drug-likeness (QED) is 0.103. The van der Waals surface area contributed by atoms with Crippen LogP contribution < -0.4 is 17.0 Å². The third-order valence-electron chi connectivity index (χ3n) is 3.77. The van der Waals surface area contributed by atoms with E-state index in [2.05, 4.69) is 28.1 Å². The van der Waals surface area contributed by atoms with Crippen molar-refractivity contribution in [1.82, 2.24) is 19.5 Å². The highest BCUT2D eigenvalue weighted by Crippen LogP contribution is 2.66. The van der Waals surface area contributed by atoms with Gasteiger partial charge in [-0.05, 0) is 0 Å². The van der Waals surface area contributed by atoms with Gasteiger partial charge in [-0.15, -0.1) is 0 Å². The number of imidazole rings is 1. The third-order valence-corrected chi connectivity index (χ3v) is 7.55. The van der Waals surface area contributed by atoms with Gasteiger partial charge in [0.25, 0.3) is 5.56 Å². The van der Waals surface area contributed by atoms with Crippen molar-refractivity contribution in [3.8, 4) is 0 Å². The minimum absolute atomic E-state index is 0.274. The number of fused-ring (bicyclic) bond motifs is 1. The molecule has 2 aromatic heterocycles. The molecule has 0 spiro atoms. The number of hydrogen-bond acceptors (Lipinski definition) is 14. The van der Waals surface area contributed by atoms with Crippen LogP contribution in [0.15, 0.2) is 11.1 Å². The van der Waals surface area contributed by atoms with Crippen LogP contribution in [0.4, 0.5) is 5.95 Å². The zero-order chi connectivity index (χ0) is 25.4. The number of nitrogens with one attached hydrogen (secondary N) is 1. The molecule has 0 aliphatic heterocycles. The number of ether oxygens (including phenoxy) is 1. The summed E-state index contributed by atoms with van der Waals surface area (Å²) in [7, 11) is -16.2. The van der Waals surface area contributed by atoms with Crippen LogP contribution >= 0.6 is 23.5 Å². The highest BCUT2D eigenvalue weighted by atomic mass is 31.3. The second-order valence-corrected chi connectivity index (χ2v) is 10.6. The Labute approximate surface area is 182 Å². The molecular weight excluding hydrogens is 521 g/mol. The minimum Gasteiger partial charge on any atom is -0.384 e. The molecule has 0 aliphatic carbocycles. The van der Waals surface area contributed by atoms with Gasteiger partial charge in [0, 0.05) is 7.11 Å². The number of phosphoric ester groups is 1. The maximum Gasteiger partial charge on any atom is 0.490 e. The van der Waals surface area contributed by atoms with E-state index in [1.807, 2.05) is 0 Å². The van der Waals surface area contributed by atoms with Crippen LogP contribution in [0.5, 0.6) is 0 Å². The van der Waals surface area contributed by atoms with E-state index in [0.29, 0.717) is 0 Å². The van der Waals surface area contributed by atoms with Crippen molar-refractivity contribution in [3.05, 3.63) is 16.7 Å². The maximum atomic E-state index is 11.9. The number of phosphoric acid groups is 3. The molecule has 20 nitrogen and oxygen atoms in total. The van der Waals surface area contributed by atoms with Crippen molar-refractivity contribution in [2.75, 3.05) is 19.5 Å². The van der Waals surface area contributed by atoms with Gasteiger partial charge >= 0.3 is 23.5 Å². The number of rotatable bonds is 11. The molecule has 0 saturated carbocycles. The Kier molecular flexibility index (Phi) is 8.02. The van der Waals surface area contributed by atoms with Gasteiger partial charge in [0.1, 0.15) is 12.7 Å². The van der Waals surface area contributed by atoms with E-state index in [1.54, 1.807) is 0 Å². The average Bonchev–Trinajstić information content (AvgIpc) is 3.06. The predicted octanol–water partition coefficient (Wildman–Crippen LogP) is -2.80. The van der Waals surface area contributed by atoms with Crippen molar-refractivity contribution >= 4 is 40.6 Å². The third kappa shape index (κ3) is 6.95. The van der Waals surface area contributed by atoms with Crippen LogP contribution in [0.25, 0.3) is 11.2 Å². The fourth-order valence-corrected chi connectivity index (χ4v) is 5.35. The normalized spacial score (nSPS) is 20.0. The van der Waals surface area contributed by atoms with Gasteiger partial charge in [-0.3, -0.25) is 24.6 Å². The summed E-state index contributed by atoms with van der Waals surface area (Å²) in [6.45, 7) is -1.31. The first kappa shape index (κ1) is 27.6. The number of anilines is 1. The second kappa shape index (κ2) is 9.57. The number of methoxy groups -OCH3 is 1. The molecule has 5 atom stereocenters. The fraction of sp³-hybridized carbons (Fsp3) is 0.500. The van der Waals surface area contributed by atoms with Crippen molar-refractivity contribution < 1.29 is 61.4 Å². The van der Waals surface area contributed by atoms with E-state index in [1.165, 1.54) is 0 Å². The molecule has 0 aromatic carbocycles. The Morgan fingerprint density at radius 1 is 1.18 bits per heavy atom. The first-order valence-electron chi connectivity index (χ1n) is 8.10. The summed E-state index contributed by atoms with van der Waals surface area (Å²) >= 11 is 0. The molecule has 0 amide bonds. The Morgan fingerprint density at radius 3 is 2.33 bits per heavy atom. The van der Waals surface area contributed by atoms with E-state index in [-0.39, 0.29) is 17.1 Å². The van der Waals surface area contributed by atoms with Crippen molar-refractivity contribution in [1.29, 1.82) is 0 Å². The van der Waals surface area contributed by atoms with Crippen LogP contribution in [0.3, 0.4) is 0 Å². The number of nitrogens with zero attached hydrogens (tertiary/aromatic N) is 3. The number of aliphatic hydroxyl groups is 2. The fourth-order valence-electron chi connectivity index (χ4n) is 2.29. The lowest BCUT2D eigenvalue weighted by molar-refractivity contribution is -0.174. The number of aromatic amines is 1. The standard InChI is InChI=1S/C10H19N6O14P3/c1-27-10(12,2-28-32(23,24)30-33(25,26)29-31(20,21)22)5(17)8(19)16-3-13-4-6(16)14-9(11)15-7(4)18/h3,5,8,17,19H,2,12H2,1H3,(H,23,24)(H,25,26)(H2,20,21,22)(H3,11,14,15,18)/t5-,8+,10+/m0/s1. The summed E-state index contributed by atoms with van der Waals surface area (Å²) in [5.41, 5.74) is 7.32. The lowest BCUT2D eigenvalue weighted by Crippen LogP contribution is -2.58. The molecule has 0 radical (unpaired) electrons. The largest absolute Gasteiger partial charge is 0.490 e. The SMILES string of the molecule is CO[C@](N)(COP(=O)(O)OP(=O)(O)OP(=O)(O)O)[C@@H](O)[C@@H](O)n1cnc2c(=O)[nH]c(N)nc21. The Morgan fingerprint density at radius 2 is 1.79 bits per heavy atom. The summed E-state index contributed by atoms with van der Waals surface area (Å²) < 4.78 is 50.8. The molecule has 2 aromatic rings. The summed E-state index contributed by atoms with van der Waals surface area (Å²) in [5.74, 6) is -0.352. The highest BCUT2D eigenvalue weighted by molar-refractivity contribution is 7.66. The van der Waals surface area contributed by atoms with Crippen LogP contribution in [0.2, 0.25) is 0 Å². The van der Waals surface area contributed by atoms with Crippen LogP contribution in [0.1, 0.15) is 6.23 Å². The number of nitrogen functional groups attached to an aromatic ring is 1. The lowest BCUT2D eigenvalue weighted by atomic mass is 10.1. The number of aromatic nitrogens is 4. The number of nitrogens with two attached hydrogens (primary N) is 2. The van der Waals surface area contributed by atoms with Gasteiger partial charge in [0.15, 0.2) is 23.1 Å². The summed E-state index contributed by atoms with van der Waals surface area (Å²) in [4.78, 5) is 57.1. The van der Waals surface area contributed by atoms with Gasteiger partial charge in [-0.1, -0.05) is 0 Å². The van der Waals surface area contributed by atoms with Gasteiger partial charge in [-0.2, -0.15) is 13.6 Å². The summed E-state index contributed by atoms with van der Waals surface area (Å²) in [6, 6.07) is 0. The van der Waals surface area contributed by atoms with Gasteiger partial charge in [0.05, 0.1) is 6.33 Å². The van der Waals surface area contributed by atoms with E-state index in [9.17, 15) is 33.6 Å². The van der Waals surface area contributed by atoms with Gasteiger partial charge in [0.2, 0.25) is 5.95 Å². The zero-order valence-electron chi connectivity index (χ0n) is 16.2. The van der Waals surface area contributed by atoms with Crippen LogP contribution in [-0.2, 0) is 31.6 Å². The Bertz CT molecular complexity index is 1210. The molecule has 23 heteroatoms. The smallest absolute Gasteiger partial charge is 0.384 e. The zero-order valence-corrected chi connectivity index (χ0v) is 18.9. The molecule has 0 saturated heterocycles. The van der Waals surface area contributed by atoms with Gasteiger partial charge < -0.3 is 40.3 Å². The van der Waals surface area contributed by atoms with E-state index in [4.69, 9.17) is 30.9 Å². The number of aliphatic hydroxyl groups excluding tert-OH is 2. The predicted molar refractivity (Wildman–Crippen MR) is 104 cm³/mol. The summed E-state index contributed by atoms with van der Waals surface area (Å²) in [5, 5.41) is 20.9. The molecule has 11 N–H and O–H groups in total. The average molecular weight is 540 g/mol. The second-order valence-electron chi connectivity index (χ2n) is 6.16. The topological polar surface area (TPSA) is 325 Å². The van der Waals surface area contributed by atoms with Gasteiger partial charge in [-0.25, -0.2) is 18.7 Å². The molecule has 0 fully saturated rings. The molecule has 188 valence electrons. The van der Waals surface area contributed by atoms with Crippen molar-refractivity contribution in [3.63, 3.8) is 0 Å². The number of H-pyrrole nitrogens is 1.